The van der Waals surface area contributed by atoms with Crippen LogP contribution in [-0.2, 0) is 6.54 Å². The maximum atomic E-state index is 10.9. The highest BCUT2D eigenvalue weighted by atomic mass is 16.3. The van der Waals surface area contributed by atoms with Crippen LogP contribution in [0.5, 0.6) is 0 Å². The third-order valence-electron chi connectivity index (χ3n) is 4.26. The van der Waals surface area contributed by atoms with E-state index in [9.17, 15) is 5.11 Å². The molecule has 1 fully saturated rings. The van der Waals surface area contributed by atoms with Crippen LogP contribution in [0.1, 0.15) is 29.9 Å². The van der Waals surface area contributed by atoms with Crippen LogP contribution in [0.3, 0.4) is 0 Å². The molecule has 1 aliphatic heterocycles. The number of anilines is 1. The minimum absolute atomic E-state index is 0.450. The Bertz CT molecular complexity index is 656. The monoisotopic (exact) mass is 302 g/mol. The standard InChI is InChI=1S/C15H22N6O/c1-11-12(2)17-13(3)18-14(11)20-7-4-5-15(22,9-20)10-21-8-6-16-19-21/h6,8,22H,4-5,7,9-10H2,1-3H3. The summed E-state index contributed by atoms with van der Waals surface area (Å²) in [5.41, 5.74) is 1.26. The van der Waals surface area contributed by atoms with E-state index in [2.05, 4.69) is 25.2 Å². The molecule has 0 aliphatic carbocycles. The van der Waals surface area contributed by atoms with Crippen LogP contribution in [0.25, 0.3) is 0 Å². The van der Waals surface area contributed by atoms with Gasteiger partial charge in [-0.2, -0.15) is 0 Å². The predicted octanol–water partition coefficient (Wildman–Crippen LogP) is 1.02. The molecule has 1 saturated heterocycles. The van der Waals surface area contributed by atoms with E-state index in [0.717, 1.165) is 42.3 Å². The molecular weight excluding hydrogens is 280 g/mol. The van der Waals surface area contributed by atoms with Crippen LogP contribution in [-0.4, -0.2) is 48.8 Å². The molecule has 0 amide bonds. The number of hydrogen-bond donors (Lipinski definition) is 1. The first-order valence-electron chi connectivity index (χ1n) is 7.60. The van der Waals surface area contributed by atoms with E-state index < -0.39 is 5.60 Å². The van der Waals surface area contributed by atoms with Gasteiger partial charge in [0.2, 0.25) is 0 Å². The summed E-state index contributed by atoms with van der Waals surface area (Å²) in [6, 6.07) is 0. The summed E-state index contributed by atoms with van der Waals surface area (Å²) in [5, 5.41) is 18.7. The molecular formula is C15H22N6O. The van der Waals surface area contributed by atoms with Crippen LogP contribution in [0.2, 0.25) is 0 Å². The Kier molecular flexibility index (Phi) is 3.82. The Balaban J connectivity index is 1.84. The largest absolute Gasteiger partial charge is 0.386 e. The molecule has 0 bridgehead atoms. The number of aromatic nitrogens is 5. The Labute approximate surface area is 130 Å². The molecule has 118 valence electrons. The molecule has 22 heavy (non-hydrogen) atoms. The van der Waals surface area contributed by atoms with Crippen molar-refractivity contribution in [1.82, 2.24) is 25.0 Å². The zero-order valence-corrected chi connectivity index (χ0v) is 13.3. The maximum absolute atomic E-state index is 10.9. The van der Waals surface area contributed by atoms with Gasteiger partial charge in [0, 0.05) is 30.5 Å². The number of aliphatic hydroxyl groups is 1. The van der Waals surface area contributed by atoms with E-state index in [1.54, 1.807) is 17.1 Å². The van der Waals surface area contributed by atoms with Gasteiger partial charge >= 0.3 is 0 Å². The minimum Gasteiger partial charge on any atom is -0.386 e. The van der Waals surface area contributed by atoms with Crippen molar-refractivity contribution >= 4 is 5.82 Å². The predicted molar refractivity (Wildman–Crippen MR) is 82.7 cm³/mol. The normalized spacial score (nSPS) is 22.1. The fourth-order valence-corrected chi connectivity index (χ4v) is 3.10. The lowest BCUT2D eigenvalue weighted by molar-refractivity contribution is 0.00581. The molecule has 3 heterocycles. The Morgan fingerprint density at radius 2 is 2.09 bits per heavy atom. The number of β-amino-alcohol motifs (C(OH)–C–C–N with tert-alkyl or cyclic N) is 1. The van der Waals surface area contributed by atoms with Crippen molar-refractivity contribution in [2.75, 3.05) is 18.0 Å². The molecule has 1 N–H and O–H groups in total. The summed E-state index contributed by atoms with van der Waals surface area (Å²) in [5.74, 6) is 1.70. The van der Waals surface area contributed by atoms with Crippen molar-refractivity contribution in [3.05, 3.63) is 29.5 Å². The zero-order chi connectivity index (χ0) is 15.7. The van der Waals surface area contributed by atoms with Crippen molar-refractivity contribution in [1.29, 1.82) is 0 Å². The fraction of sp³-hybridized carbons (Fsp3) is 0.600. The van der Waals surface area contributed by atoms with Crippen LogP contribution < -0.4 is 4.90 Å². The van der Waals surface area contributed by atoms with Gasteiger partial charge in [-0.3, -0.25) is 0 Å². The first kappa shape index (κ1) is 14.9. The molecule has 7 nitrogen and oxygen atoms in total. The number of rotatable bonds is 3. The molecule has 0 radical (unpaired) electrons. The number of aryl methyl sites for hydroxylation is 2. The molecule has 1 unspecified atom stereocenters. The summed E-state index contributed by atoms with van der Waals surface area (Å²) < 4.78 is 1.69. The highest BCUT2D eigenvalue weighted by molar-refractivity contribution is 5.49. The topological polar surface area (TPSA) is 80.0 Å². The van der Waals surface area contributed by atoms with E-state index in [-0.39, 0.29) is 0 Å². The number of hydrogen-bond acceptors (Lipinski definition) is 6. The lowest BCUT2D eigenvalue weighted by atomic mass is 9.92. The summed E-state index contributed by atoms with van der Waals surface area (Å²) in [4.78, 5) is 11.2. The first-order valence-corrected chi connectivity index (χ1v) is 7.60. The zero-order valence-electron chi connectivity index (χ0n) is 13.3. The molecule has 2 aromatic heterocycles. The van der Waals surface area contributed by atoms with E-state index in [1.165, 1.54) is 0 Å². The summed E-state index contributed by atoms with van der Waals surface area (Å²) in [6.45, 7) is 7.83. The second-order valence-corrected chi connectivity index (χ2v) is 6.15. The molecule has 0 aromatic carbocycles. The van der Waals surface area contributed by atoms with Gasteiger partial charge in [0.15, 0.2) is 0 Å². The van der Waals surface area contributed by atoms with Gasteiger partial charge in [-0.05, 0) is 33.6 Å². The van der Waals surface area contributed by atoms with Crippen LogP contribution in [0, 0.1) is 20.8 Å². The summed E-state index contributed by atoms with van der Waals surface area (Å²) >= 11 is 0. The summed E-state index contributed by atoms with van der Waals surface area (Å²) in [6.07, 6.45) is 5.09. The average Bonchev–Trinajstić information content (AvgIpc) is 2.95. The second kappa shape index (κ2) is 5.64. The molecule has 1 aliphatic rings. The van der Waals surface area contributed by atoms with Gasteiger partial charge in [0.25, 0.3) is 0 Å². The van der Waals surface area contributed by atoms with Crippen molar-refractivity contribution in [3.8, 4) is 0 Å². The average molecular weight is 302 g/mol. The maximum Gasteiger partial charge on any atom is 0.135 e. The SMILES string of the molecule is Cc1nc(C)c(C)c(N2CCCC(O)(Cn3ccnn3)C2)n1. The third-order valence-corrected chi connectivity index (χ3v) is 4.26. The van der Waals surface area contributed by atoms with Crippen LogP contribution in [0.15, 0.2) is 12.4 Å². The lowest BCUT2D eigenvalue weighted by Crippen LogP contribution is -2.51. The Morgan fingerprint density at radius 1 is 1.27 bits per heavy atom. The second-order valence-electron chi connectivity index (χ2n) is 6.15. The fourth-order valence-electron chi connectivity index (χ4n) is 3.10. The first-order chi connectivity index (χ1) is 10.5. The quantitative estimate of drug-likeness (QED) is 0.912. The molecule has 0 saturated carbocycles. The van der Waals surface area contributed by atoms with E-state index in [4.69, 9.17) is 0 Å². The Hall–Kier alpha value is -2.02. The van der Waals surface area contributed by atoms with Gasteiger partial charge in [-0.15, -0.1) is 5.10 Å². The van der Waals surface area contributed by atoms with Gasteiger partial charge in [0.05, 0.1) is 12.7 Å². The molecule has 3 rings (SSSR count). The van der Waals surface area contributed by atoms with Crippen LogP contribution >= 0.6 is 0 Å². The van der Waals surface area contributed by atoms with Crippen LogP contribution in [0.4, 0.5) is 5.82 Å². The van der Waals surface area contributed by atoms with E-state index in [1.807, 2.05) is 20.8 Å². The molecule has 7 heteroatoms. The molecule has 2 aromatic rings. The number of nitrogens with zero attached hydrogens (tertiary/aromatic N) is 6. The van der Waals surface area contributed by atoms with Crippen molar-refractivity contribution in [3.63, 3.8) is 0 Å². The highest BCUT2D eigenvalue weighted by Gasteiger charge is 2.35. The van der Waals surface area contributed by atoms with E-state index >= 15 is 0 Å². The van der Waals surface area contributed by atoms with Gasteiger partial charge in [-0.1, -0.05) is 5.21 Å². The smallest absolute Gasteiger partial charge is 0.135 e. The summed E-state index contributed by atoms with van der Waals surface area (Å²) in [7, 11) is 0. The van der Waals surface area contributed by atoms with Gasteiger partial charge in [0.1, 0.15) is 17.2 Å². The van der Waals surface area contributed by atoms with Crippen molar-refractivity contribution in [2.24, 2.45) is 0 Å². The van der Waals surface area contributed by atoms with Crippen molar-refractivity contribution < 1.29 is 5.11 Å². The minimum atomic E-state index is -0.814. The lowest BCUT2D eigenvalue weighted by Gasteiger charge is -2.40. The van der Waals surface area contributed by atoms with Gasteiger partial charge in [-0.25, -0.2) is 14.6 Å². The molecule has 1 atom stereocenters. The highest BCUT2D eigenvalue weighted by Crippen LogP contribution is 2.28. The van der Waals surface area contributed by atoms with Crippen molar-refractivity contribution in [2.45, 2.75) is 45.8 Å². The third kappa shape index (κ3) is 2.94. The Morgan fingerprint density at radius 3 is 2.82 bits per heavy atom. The number of piperidine rings is 1. The van der Waals surface area contributed by atoms with E-state index in [0.29, 0.717) is 13.1 Å². The molecule has 0 spiro atoms. The van der Waals surface area contributed by atoms with Gasteiger partial charge < -0.3 is 10.0 Å².